The molecule has 88 valence electrons. The summed E-state index contributed by atoms with van der Waals surface area (Å²) in [6.07, 6.45) is 6.25. The highest BCUT2D eigenvalue weighted by atomic mass is 16.4. The van der Waals surface area contributed by atoms with Crippen LogP contribution in [0.5, 0.6) is 0 Å². The van der Waals surface area contributed by atoms with Gasteiger partial charge in [-0.1, -0.05) is 19.3 Å². The number of carboxylic acids is 1. The summed E-state index contributed by atoms with van der Waals surface area (Å²) in [6.45, 7) is 0. The van der Waals surface area contributed by atoms with E-state index in [0.717, 1.165) is 32.1 Å². The summed E-state index contributed by atoms with van der Waals surface area (Å²) in [6, 6.07) is -0.772. The number of hydrogen-bond acceptors (Lipinski definition) is 3. The second kappa shape index (κ2) is 4.51. The molecule has 2 N–H and O–H groups in total. The van der Waals surface area contributed by atoms with Crippen molar-refractivity contribution in [3.8, 4) is 0 Å². The van der Waals surface area contributed by atoms with E-state index in [-0.39, 0.29) is 5.92 Å². The Hall–Kier alpha value is -1.59. The molecular weight excluding hydrogens is 210 g/mol. The predicted octanol–water partition coefficient (Wildman–Crippen LogP) is 0.777. The Morgan fingerprint density at radius 2 is 2.19 bits per heavy atom. The summed E-state index contributed by atoms with van der Waals surface area (Å²) in [5.74, 6) is -0.906. The summed E-state index contributed by atoms with van der Waals surface area (Å²) in [5.41, 5.74) is -0.446. The monoisotopic (exact) mass is 225 g/mol. The first kappa shape index (κ1) is 10.9. The number of hydrogen-bond donors (Lipinski definition) is 2. The molecule has 1 aliphatic rings. The third kappa shape index (κ3) is 2.00. The van der Waals surface area contributed by atoms with Crippen molar-refractivity contribution >= 4 is 5.97 Å². The predicted molar refractivity (Wildman–Crippen MR) is 56.1 cm³/mol. The third-order valence-corrected chi connectivity index (χ3v) is 3.23. The Labute approximate surface area is 92.3 Å². The summed E-state index contributed by atoms with van der Waals surface area (Å²) in [5, 5.41) is 15.0. The number of nitrogens with zero attached hydrogens (tertiary/aromatic N) is 2. The zero-order valence-electron chi connectivity index (χ0n) is 8.93. The lowest BCUT2D eigenvalue weighted by atomic mass is 9.84. The quantitative estimate of drug-likeness (QED) is 0.795. The van der Waals surface area contributed by atoms with Crippen molar-refractivity contribution in [3.05, 3.63) is 16.8 Å². The van der Waals surface area contributed by atoms with Gasteiger partial charge in [-0.15, -0.1) is 0 Å². The second-order valence-corrected chi connectivity index (χ2v) is 4.25. The maximum Gasteiger partial charge on any atom is 0.343 e. The van der Waals surface area contributed by atoms with Crippen LogP contribution in [0.4, 0.5) is 0 Å². The van der Waals surface area contributed by atoms with Crippen molar-refractivity contribution in [1.29, 1.82) is 0 Å². The summed E-state index contributed by atoms with van der Waals surface area (Å²) < 4.78 is 1.19. The minimum Gasteiger partial charge on any atom is -0.480 e. The molecule has 1 atom stereocenters. The highest BCUT2D eigenvalue weighted by molar-refractivity contribution is 5.72. The lowest BCUT2D eigenvalue weighted by Gasteiger charge is -2.27. The SMILES string of the molecule is O=C(O)C(C1CCCCC1)n1cn[nH]c1=O. The number of nitrogens with one attached hydrogen (secondary N) is 1. The van der Waals surface area contributed by atoms with Gasteiger partial charge in [0.2, 0.25) is 0 Å². The van der Waals surface area contributed by atoms with E-state index in [9.17, 15) is 14.7 Å². The first-order valence-electron chi connectivity index (χ1n) is 5.54. The highest BCUT2D eigenvalue weighted by Gasteiger charge is 2.31. The van der Waals surface area contributed by atoms with Crippen LogP contribution in [0.15, 0.2) is 11.1 Å². The fourth-order valence-corrected chi connectivity index (χ4v) is 2.45. The molecule has 1 unspecified atom stereocenters. The average Bonchev–Trinajstić information content (AvgIpc) is 2.66. The van der Waals surface area contributed by atoms with Crippen LogP contribution < -0.4 is 5.69 Å². The molecule has 16 heavy (non-hydrogen) atoms. The normalized spacial score (nSPS) is 19.5. The lowest BCUT2D eigenvalue weighted by Crippen LogP contribution is -2.34. The van der Waals surface area contributed by atoms with Crippen LogP contribution in [0.25, 0.3) is 0 Å². The van der Waals surface area contributed by atoms with Crippen LogP contribution in [-0.4, -0.2) is 25.8 Å². The van der Waals surface area contributed by atoms with Crippen LogP contribution in [-0.2, 0) is 4.79 Å². The van der Waals surface area contributed by atoms with Crippen molar-refractivity contribution in [3.63, 3.8) is 0 Å². The van der Waals surface area contributed by atoms with E-state index in [1.165, 1.54) is 10.9 Å². The molecule has 1 aliphatic carbocycles. The number of H-pyrrole nitrogens is 1. The molecule has 0 radical (unpaired) electrons. The number of carbonyl (C=O) groups is 1. The van der Waals surface area contributed by atoms with E-state index < -0.39 is 17.7 Å². The molecule has 6 heteroatoms. The topological polar surface area (TPSA) is 88.0 Å². The number of rotatable bonds is 3. The van der Waals surface area contributed by atoms with Gasteiger partial charge in [-0.3, -0.25) is 4.57 Å². The van der Waals surface area contributed by atoms with Gasteiger partial charge in [-0.25, -0.2) is 14.7 Å². The first-order chi connectivity index (χ1) is 7.70. The Balaban J connectivity index is 2.26. The van der Waals surface area contributed by atoms with Crippen molar-refractivity contribution < 1.29 is 9.90 Å². The molecule has 0 spiro atoms. The van der Waals surface area contributed by atoms with Gasteiger partial charge in [-0.2, -0.15) is 5.10 Å². The van der Waals surface area contributed by atoms with E-state index >= 15 is 0 Å². The van der Waals surface area contributed by atoms with E-state index in [4.69, 9.17) is 0 Å². The van der Waals surface area contributed by atoms with Crippen LogP contribution in [0, 0.1) is 5.92 Å². The maximum absolute atomic E-state index is 11.4. The Bertz CT molecular complexity index is 417. The molecule has 1 heterocycles. The Morgan fingerprint density at radius 1 is 1.50 bits per heavy atom. The van der Waals surface area contributed by atoms with Gasteiger partial charge in [0, 0.05) is 0 Å². The summed E-state index contributed by atoms with van der Waals surface area (Å²) in [4.78, 5) is 22.6. The van der Waals surface area contributed by atoms with Crippen molar-refractivity contribution in [1.82, 2.24) is 14.8 Å². The van der Waals surface area contributed by atoms with Crippen molar-refractivity contribution in [2.75, 3.05) is 0 Å². The fraction of sp³-hybridized carbons (Fsp3) is 0.700. The molecule has 0 aliphatic heterocycles. The maximum atomic E-state index is 11.4. The van der Waals surface area contributed by atoms with Crippen LogP contribution in [0.1, 0.15) is 38.1 Å². The molecule has 0 aromatic carbocycles. The second-order valence-electron chi connectivity index (χ2n) is 4.25. The zero-order valence-corrected chi connectivity index (χ0v) is 8.93. The first-order valence-corrected chi connectivity index (χ1v) is 5.54. The van der Waals surface area contributed by atoms with Gasteiger partial charge in [0.25, 0.3) is 0 Å². The summed E-state index contributed by atoms with van der Waals surface area (Å²) >= 11 is 0. The minimum atomic E-state index is -0.949. The smallest absolute Gasteiger partial charge is 0.343 e. The molecule has 0 amide bonds. The van der Waals surface area contributed by atoms with E-state index in [0.29, 0.717) is 0 Å². The van der Waals surface area contributed by atoms with Crippen LogP contribution >= 0.6 is 0 Å². The van der Waals surface area contributed by atoms with Gasteiger partial charge >= 0.3 is 11.7 Å². The molecule has 0 bridgehead atoms. The minimum absolute atomic E-state index is 0.0431. The largest absolute Gasteiger partial charge is 0.480 e. The molecule has 1 saturated carbocycles. The number of aliphatic carboxylic acids is 1. The van der Waals surface area contributed by atoms with Gasteiger partial charge in [0.15, 0.2) is 0 Å². The van der Waals surface area contributed by atoms with E-state index in [2.05, 4.69) is 10.2 Å². The zero-order chi connectivity index (χ0) is 11.5. The fourth-order valence-electron chi connectivity index (χ4n) is 2.45. The standard InChI is InChI=1S/C10H15N3O3/c14-9(15)8(7-4-2-1-3-5-7)13-6-11-12-10(13)16/h6-8H,1-5H2,(H,12,16)(H,14,15). The van der Waals surface area contributed by atoms with Gasteiger partial charge < -0.3 is 5.11 Å². The molecular formula is C10H15N3O3. The third-order valence-electron chi connectivity index (χ3n) is 3.23. The van der Waals surface area contributed by atoms with Gasteiger partial charge in [0.05, 0.1) is 0 Å². The number of carboxylic acid groups (broad SMARTS) is 1. The van der Waals surface area contributed by atoms with Crippen molar-refractivity contribution in [2.24, 2.45) is 5.92 Å². The molecule has 1 aromatic rings. The number of aromatic nitrogens is 3. The van der Waals surface area contributed by atoms with Crippen molar-refractivity contribution in [2.45, 2.75) is 38.1 Å². The Kier molecular flexibility index (Phi) is 3.07. The molecule has 1 aromatic heterocycles. The summed E-state index contributed by atoms with van der Waals surface area (Å²) in [7, 11) is 0. The molecule has 6 nitrogen and oxygen atoms in total. The van der Waals surface area contributed by atoms with Crippen LogP contribution in [0.3, 0.4) is 0 Å². The van der Waals surface area contributed by atoms with Gasteiger partial charge in [-0.05, 0) is 18.8 Å². The van der Waals surface area contributed by atoms with Crippen LogP contribution in [0.2, 0.25) is 0 Å². The molecule has 0 saturated heterocycles. The Morgan fingerprint density at radius 3 is 2.69 bits per heavy atom. The molecule has 1 fully saturated rings. The highest BCUT2D eigenvalue weighted by Crippen LogP contribution is 2.32. The average molecular weight is 225 g/mol. The van der Waals surface area contributed by atoms with Gasteiger partial charge in [0.1, 0.15) is 12.4 Å². The lowest BCUT2D eigenvalue weighted by molar-refractivity contribution is -0.143. The molecule has 2 rings (SSSR count). The van der Waals surface area contributed by atoms with E-state index in [1.807, 2.05) is 0 Å². The van der Waals surface area contributed by atoms with E-state index in [1.54, 1.807) is 0 Å². The number of aromatic amines is 1.